The Labute approximate surface area is 141 Å². The number of para-hydroxylation sites is 1. The molecular formula is C18H12ClN3O2. The normalized spacial score (nSPS) is 12.3. The molecular weight excluding hydrogens is 326 g/mol. The van der Waals surface area contributed by atoms with Gasteiger partial charge in [0.25, 0.3) is 11.1 Å². The number of hydrogen-bond acceptors (Lipinski definition) is 3. The summed E-state index contributed by atoms with van der Waals surface area (Å²) in [6.07, 6.45) is 1.76. The summed E-state index contributed by atoms with van der Waals surface area (Å²) in [5.74, 6) is 0.323. The highest BCUT2D eigenvalue weighted by Gasteiger charge is 2.13. The molecule has 0 saturated carbocycles. The molecule has 2 heterocycles. The van der Waals surface area contributed by atoms with Gasteiger partial charge in [-0.25, -0.2) is 4.40 Å². The molecule has 0 spiro atoms. The van der Waals surface area contributed by atoms with Gasteiger partial charge in [0, 0.05) is 12.1 Å². The van der Waals surface area contributed by atoms with Gasteiger partial charge in [-0.3, -0.25) is 9.59 Å². The van der Waals surface area contributed by atoms with E-state index in [4.69, 9.17) is 11.6 Å². The molecule has 2 aromatic carbocycles. The minimum absolute atomic E-state index is 0.217. The van der Waals surface area contributed by atoms with Crippen molar-refractivity contribution in [3.05, 3.63) is 85.2 Å². The van der Waals surface area contributed by atoms with Crippen molar-refractivity contribution in [2.45, 2.75) is 0 Å². The van der Waals surface area contributed by atoms with Crippen LogP contribution in [0.1, 0.15) is 5.56 Å². The number of nitrogens with zero attached hydrogens (tertiary/aromatic N) is 3. The van der Waals surface area contributed by atoms with Gasteiger partial charge < -0.3 is 4.57 Å². The standard InChI is InChI=1S/C18H12ClN3O2/c1-21-15(10-11-6-8-12(19)9-7-11)17(24)22-14-5-3-2-4-13(14)16(23)20-18(21)22/h2-10H,1H3/b15-10-. The summed E-state index contributed by atoms with van der Waals surface area (Å²) in [5.41, 5.74) is 0.842. The van der Waals surface area contributed by atoms with Crippen molar-refractivity contribution in [3.8, 4) is 0 Å². The van der Waals surface area contributed by atoms with Crippen molar-refractivity contribution >= 4 is 34.4 Å². The quantitative estimate of drug-likeness (QED) is 0.531. The fourth-order valence-electron chi connectivity index (χ4n) is 2.82. The van der Waals surface area contributed by atoms with Gasteiger partial charge in [-0.1, -0.05) is 35.9 Å². The lowest BCUT2D eigenvalue weighted by Gasteiger charge is -2.00. The lowest BCUT2D eigenvalue weighted by Crippen LogP contribution is -2.29. The van der Waals surface area contributed by atoms with E-state index in [1.54, 1.807) is 54.1 Å². The average molecular weight is 338 g/mol. The Morgan fingerprint density at radius 2 is 1.75 bits per heavy atom. The van der Waals surface area contributed by atoms with Crippen molar-refractivity contribution in [2.75, 3.05) is 0 Å². The van der Waals surface area contributed by atoms with Crippen LogP contribution in [0.25, 0.3) is 22.8 Å². The molecule has 0 N–H and O–H groups in total. The number of halogens is 1. The number of imidazole rings is 1. The van der Waals surface area contributed by atoms with Crippen LogP contribution in [0.15, 0.2) is 58.1 Å². The van der Waals surface area contributed by atoms with Gasteiger partial charge in [0.1, 0.15) is 5.35 Å². The predicted octanol–water partition coefficient (Wildman–Crippen LogP) is 1.75. The van der Waals surface area contributed by atoms with Gasteiger partial charge in [0.2, 0.25) is 5.78 Å². The Morgan fingerprint density at radius 1 is 1.04 bits per heavy atom. The molecule has 4 rings (SSSR count). The van der Waals surface area contributed by atoms with E-state index < -0.39 is 0 Å². The molecule has 0 aliphatic rings. The third kappa shape index (κ3) is 2.13. The molecule has 4 aromatic rings. The van der Waals surface area contributed by atoms with Crippen LogP contribution in [0.4, 0.5) is 0 Å². The molecule has 2 aromatic heterocycles. The van der Waals surface area contributed by atoms with Crippen molar-refractivity contribution in [1.29, 1.82) is 0 Å². The first kappa shape index (κ1) is 14.7. The molecule has 24 heavy (non-hydrogen) atoms. The zero-order valence-electron chi connectivity index (χ0n) is 12.7. The second-order valence-electron chi connectivity index (χ2n) is 5.51. The zero-order chi connectivity index (χ0) is 16.8. The maximum Gasteiger partial charge on any atom is 0.282 e. The number of benzene rings is 2. The van der Waals surface area contributed by atoms with E-state index in [1.165, 1.54) is 4.40 Å². The maximum absolute atomic E-state index is 12.9. The summed E-state index contributed by atoms with van der Waals surface area (Å²) in [5, 5.41) is 1.50. The van der Waals surface area contributed by atoms with Crippen LogP contribution in [0.3, 0.4) is 0 Å². The summed E-state index contributed by atoms with van der Waals surface area (Å²) in [6.45, 7) is 0. The first-order valence-electron chi connectivity index (χ1n) is 7.34. The SMILES string of the molecule is Cn1/c(=C\c2ccc(Cl)cc2)c(=O)n2c3ccccc3c(=O)nc12. The maximum atomic E-state index is 12.9. The van der Waals surface area contributed by atoms with Gasteiger partial charge in [-0.2, -0.15) is 4.98 Å². The number of fused-ring (bicyclic) bond motifs is 3. The van der Waals surface area contributed by atoms with Gasteiger partial charge in [-0.05, 0) is 35.9 Å². The lowest BCUT2D eigenvalue weighted by atomic mass is 10.2. The lowest BCUT2D eigenvalue weighted by molar-refractivity contribution is 0.895. The molecule has 0 amide bonds. The summed E-state index contributed by atoms with van der Waals surface area (Å²) >= 11 is 5.89. The fraction of sp³-hybridized carbons (Fsp3) is 0.0556. The molecule has 0 aliphatic heterocycles. The molecule has 0 bridgehead atoms. The van der Waals surface area contributed by atoms with Crippen LogP contribution in [-0.4, -0.2) is 14.0 Å². The molecule has 0 fully saturated rings. The van der Waals surface area contributed by atoms with Crippen molar-refractivity contribution in [2.24, 2.45) is 7.05 Å². The van der Waals surface area contributed by atoms with Gasteiger partial charge in [0.15, 0.2) is 0 Å². The van der Waals surface area contributed by atoms with Crippen molar-refractivity contribution in [1.82, 2.24) is 14.0 Å². The second-order valence-corrected chi connectivity index (χ2v) is 5.95. The molecule has 0 aliphatic carbocycles. The van der Waals surface area contributed by atoms with Gasteiger partial charge in [0.05, 0.1) is 10.9 Å². The highest BCUT2D eigenvalue weighted by atomic mass is 35.5. The molecule has 5 nitrogen and oxygen atoms in total. The topological polar surface area (TPSA) is 56.4 Å². The van der Waals surface area contributed by atoms with Crippen LogP contribution in [0.5, 0.6) is 0 Å². The average Bonchev–Trinajstić information content (AvgIpc) is 2.82. The fourth-order valence-corrected chi connectivity index (χ4v) is 2.95. The molecule has 0 saturated heterocycles. The van der Waals surface area contributed by atoms with Crippen molar-refractivity contribution < 1.29 is 0 Å². The van der Waals surface area contributed by atoms with Crippen LogP contribution in [-0.2, 0) is 7.05 Å². The van der Waals surface area contributed by atoms with E-state index in [0.717, 1.165) is 5.56 Å². The van der Waals surface area contributed by atoms with E-state index in [-0.39, 0.29) is 11.1 Å². The highest BCUT2D eigenvalue weighted by Crippen LogP contribution is 2.10. The van der Waals surface area contributed by atoms with Crippen LogP contribution in [0.2, 0.25) is 5.02 Å². The molecule has 6 heteroatoms. The smallest absolute Gasteiger partial charge is 0.282 e. The summed E-state index contributed by atoms with van der Waals surface area (Å²) in [7, 11) is 1.72. The van der Waals surface area contributed by atoms with E-state index in [0.29, 0.717) is 27.1 Å². The highest BCUT2D eigenvalue weighted by molar-refractivity contribution is 6.30. The summed E-state index contributed by atoms with van der Waals surface area (Å²) in [4.78, 5) is 29.2. The molecule has 0 atom stereocenters. The van der Waals surface area contributed by atoms with E-state index in [9.17, 15) is 9.59 Å². The Kier molecular flexibility index (Phi) is 3.25. The number of aromatic nitrogens is 3. The summed E-state index contributed by atoms with van der Waals surface area (Å²) < 4.78 is 3.10. The molecule has 118 valence electrons. The molecule has 0 unspecified atom stereocenters. The minimum Gasteiger partial charge on any atom is -0.310 e. The number of hydrogen-bond donors (Lipinski definition) is 0. The zero-order valence-corrected chi connectivity index (χ0v) is 13.5. The largest absolute Gasteiger partial charge is 0.310 e. The van der Waals surface area contributed by atoms with Crippen LogP contribution >= 0.6 is 11.6 Å². The molecule has 0 radical (unpaired) electrons. The van der Waals surface area contributed by atoms with Crippen LogP contribution in [0, 0.1) is 0 Å². The Hall–Kier alpha value is -2.92. The summed E-state index contributed by atoms with van der Waals surface area (Å²) in [6, 6.07) is 14.2. The third-order valence-electron chi connectivity index (χ3n) is 4.03. The van der Waals surface area contributed by atoms with Gasteiger partial charge >= 0.3 is 0 Å². The minimum atomic E-state index is -0.343. The van der Waals surface area contributed by atoms with E-state index in [2.05, 4.69) is 4.98 Å². The van der Waals surface area contributed by atoms with E-state index >= 15 is 0 Å². The Morgan fingerprint density at radius 3 is 2.50 bits per heavy atom. The first-order chi connectivity index (χ1) is 11.6. The third-order valence-corrected chi connectivity index (χ3v) is 4.29. The second kappa shape index (κ2) is 5.32. The Bertz CT molecular complexity index is 1250. The van der Waals surface area contributed by atoms with E-state index in [1.807, 2.05) is 12.1 Å². The number of aryl methyl sites for hydroxylation is 1. The number of rotatable bonds is 1. The van der Waals surface area contributed by atoms with Crippen molar-refractivity contribution in [3.63, 3.8) is 0 Å². The Balaban J connectivity index is 2.16. The van der Waals surface area contributed by atoms with Gasteiger partial charge in [-0.15, -0.1) is 0 Å². The first-order valence-corrected chi connectivity index (χ1v) is 7.71. The van der Waals surface area contributed by atoms with Crippen LogP contribution < -0.4 is 16.5 Å². The monoisotopic (exact) mass is 337 g/mol. The predicted molar refractivity (Wildman–Crippen MR) is 94.4 cm³/mol.